The fourth-order valence-electron chi connectivity index (χ4n) is 12.1. The fraction of sp³-hybridized carbons (Fsp3) is 0.949. The van der Waals surface area contributed by atoms with Crippen molar-refractivity contribution < 1.29 is 80.2 Å². The molecular weight excluding hydrogens is 1270 g/mol. The first-order chi connectivity index (χ1) is 47.0. The number of aliphatic hydroxyl groups excluding tert-OH is 1. The van der Waals surface area contributed by atoms with Crippen molar-refractivity contribution in [1.29, 1.82) is 0 Å². The monoisotopic (exact) mass is 1420 g/mol. The number of esters is 4. The van der Waals surface area contributed by atoms with Gasteiger partial charge < -0.3 is 33.8 Å². The highest BCUT2D eigenvalue weighted by molar-refractivity contribution is 7.47. The average Bonchev–Trinajstić information content (AvgIpc) is 1.47. The number of phosphoric acid groups is 2. The van der Waals surface area contributed by atoms with Crippen LogP contribution in [0.25, 0.3) is 0 Å². The molecule has 0 saturated carbocycles. The van der Waals surface area contributed by atoms with Gasteiger partial charge in [-0.25, -0.2) is 9.13 Å². The van der Waals surface area contributed by atoms with Crippen LogP contribution in [-0.2, 0) is 65.4 Å². The van der Waals surface area contributed by atoms with Gasteiger partial charge in [-0.05, 0) is 31.6 Å². The molecule has 0 aromatic carbocycles. The van der Waals surface area contributed by atoms with Gasteiger partial charge in [0.15, 0.2) is 12.2 Å². The van der Waals surface area contributed by atoms with Gasteiger partial charge >= 0.3 is 39.5 Å². The molecule has 0 bridgehead atoms. The first-order valence-electron chi connectivity index (χ1n) is 40.6. The summed E-state index contributed by atoms with van der Waals surface area (Å²) < 4.78 is 68.5. The topological polar surface area (TPSA) is 237 Å². The van der Waals surface area contributed by atoms with Gasteiger partial charge in [-0.2, -0.15) is 0 Å². The summed E-state index contributed by atoms with van der Waals surface area (Å²) in [6.07, 6.45) is 61.2. The zero-order chi connectivity index (χ0) is 71.2. The molecule has 0 rings (SSSR count). The third-order valence-corrected chi connectivity index (χ3v) is 20.2. The van der Waals surface area contributed by atoms with Crippen molar-refractivity contribution in [3.8, 4) is 0 Å². The number of phosphoric ester groups is 2. The summed E-state index contributed by atoms with van der Waals surface area (Å²) in [4.78, 5) is 72.7. The highest BCUT2D eigenvalue weighted by Gasteiger charge is 2.30. The van der Waals surface area contributed by atoms with Crippen LogP contribution in [0.2, 0.25) is 0 Å². The van der Waals surface area contributed by atoms with Crippen molar-refractivity contribution in [2.75, 3.05) is 39.6 Å². The molecule has 0 aliphatic rings. The Bertz CT molecular complexity index is 1860. The molecular formula is C78H152O17P2. The molecule has 2 unspecified atom stereocenters. The molecule has 0 spiro atoms. The van der Waals surface area contributed by atoms with E-state index in [0.717, 1.165) is 95.8 Å². The Balaban J connectivity index is 5.16. The average molecular weight is 1420 g/mol. The van der Waals surface area contributed by atoms with Crippen LogP contribution in [0.3, 0.4) is 0 Å². The smallest absolute Gasteiger partial charge is 0.462 e. The van der Waals surface area contributed by atoms with Crippen molar-refractivity contribution >= 4 is 39.5 Å². The van der Waals surface area contributed by atoms with Crippen LogP contribution in [0.15, 0.2) is 0 Å². The summed E-state index contributed by atoms with van der Waals surface area (Å²) >= 11 is 0. The Kier molecular flexibility index (Phi) is 69.6. The summed E-state index contributed by atoms with van der Waals surface area (Å²) in [7, 11) is -9.91. The van der Waals surface area contributed by atoms with Gasteiger partial charge in [0.2, 0.25) is 0 Å². The Labute approximate surface area is 594 Å². The summed E-state index contributed by atoms with van der Waals surface area (Å²) in [5, 5.41) is 10.6. The number of rotatable bonds is 78. The minimum atomic E-state index is -4.96. The Morgan fingerprint density at radius 2 is 0.474 bits per heavy atom. The zero-order valence-corrected chi connectivity index (χ0v) is 65.0. The summed E-state index contributed by atoms with van der Waals surface area (Å²) in [6, 6.07) is 0. The summed E-state index contributed by atoms with van der Waals surface area (Å²) in [5.74, 6) is -1.30. The molecule has 5 atom stereocenters. The standard InChI is InChI=1S/C78H152O17P2/c1-6-9-12-15-18-21-22-23-24-25-26-27-28-33-36-39-44-49-54-59-64-78(83)95-74(68-89-76(81)62-57-52-47-43-38-35-32-30-29-31-34-37-42-45-50-55-60-71(4)5)70-93-97(86,87)91-66-72(79)65-90-96(84,85)92-69-73(94-77(82)63-58-53-48-41-20-17-14-11-8-3)67-88-75(80)61-56-51-46-40-19-16-13-10-7-2/h71-74,79H,6-70H2,1-5H3,(H,84,85)(H,86,87)/t72-,73+,74+/m0/s1. The van der Waals surface area contributed by atoms with Gasteiger partial charge in [-0.15, -0.1) is 0 Å². The van der Waals surface area contributed by atoms with Crippen LogP contribution >= 0.6 is 15.6 Å². The maximum absolute atomic E-state index is 13.1. The molecule has 3 N–H and O–H groups in total. The van der Waals surface area contributed by atoms with Crippen molar-refractivity contribution in [2.45, 2.75) is 432 Å². The SMILES string of the molecule is CCCCCCCCCCCCCCCCCCCCCCC(=O)O[C@H](COC(=O)CCCCCCCCCCCCCCCCCCC(C)C)COP(=O)(O)OC[C@@H](O)COP(=O)(O)OC[C@@H](COC(=O)CCCCCCCCCCC)OC(=O)CCCCCCCCCCC. The van der Waals surface area contributed by atoms with E-state index >= 15 is 0 Å². The third kappa shape index (κ3) is 72.2. The second kappa shape index (κ2) is 71.1. The Hall–Kier alpha value is -1.94. The highest BCUT2D eigenvalue weighted by atomic mass is 31.2. The van der Waals surface area contributed by atoms with Gasteiger partial charge in [0.1, 0.15) is 19.3 Å². The second-order valence-electron chi connectivity index (χ2n) is 28.6. The molecule has 0 aliphatic heterocycles. The van der Waals surface area contributed by atoms with E-state index in [9.17, 15) is 43.2 Å². The lowest BCUT2D eigenvalue weighted by molar-refractivity contribution is -0.161. The lowest BCUT2D eigenvalue weighted by Crippen LogP contribution is -2.30. The molecule has 0 fully saturated rings. The lowest BCUT2D eigenvalue weighted by Gasteiger charge is -2.21. The maximum atomic E-state index is 13.1. The predicted octanol–water partition coefficient (Wildman–Crippen LogP) is 23.3. The molecule has 0 saturated heterocycles. The summed E-state index contributed by atoms with van der Waals surface area (Å²) in [6.45, 7) is 7.30. The van der Waals surface area contributed by atoms with Crippen LogP contribution < -0.4 is 0 Å². The molecule has 0 radical (unpaired) electrons. The van der Waals surface area contributed by atoms with Crippen LogP contribution in [0.1, 0.15) is 413 Å². The molecule has 19 heteroatoms. The third-order valence-electron chi connectivity index (χ3n) is 18.3. The Morgan fingerprint density at radius 1 is 0.278 bits per heavy atom. The molecule has 576 valence electrons. The second-order valence-corrected chi connectivity index (χ2v) is 31.5. The molecule has 0 heterocycles. The van der Waals surface area contributed by atoms with Crippen LogP contribution in [-0.4, -0.2) is 96.7 Å². The van der Waals surface area contributed by atoms with Crippen molar-refractivity contribution in [2.24, 2.45) is 5.92 Å². The quantitative estimate of drug-likeness (QED) is 0.0222. The molecule has 0 aromatic heterocycles. The zero-order valence-electron chi connectivity index (χ0n) is 63.2. The number of ether oxygens (including phenoxy) is 4. The minimum absolute atomic E-state index is 0.106. The first-order valence-corrected chi connectivity index (χ1v) is 43.6. The molecule has 0 aromatic rings. The van der Waals surface area contributed by atoms with E-state index in [2.05, 4.69) is 34.6 Å². The van der Waals surface area contributed by atoms with Crippen molar-refractivity contribution in [3.63, 3.8) is 0 Å². The van der Waals surface area contributed by atoms with Crippen LogP contribution in [0.5, 0.6) is 0 Å². The molecule has 17 nitrogen and oxygen atoms in total. The molecule has 97 heavy (non-hydrogen) atoms. The van der Waals surface area contributed by atoms with E-state index < -0.39 is 97.5 Å². The number of carbonyl (C=O) groups excluding carboxylic acids is 4. The van der Waals surface area contributed by atoms with E-state index in [1.807, 2.05) is 0 Å². The van der Waals surface area contributed by atoms with Crippen LogP contribution in [0, 0.1) is 5.92 Å². The number of hydrogen-bond donors (Lipinski definition) is 3. The minimum Gasteiger partial charge on any atom is -0.462 e. The Morgan fingerprint density at radius 3 is 0.701 bits per heavy atom. The molecule has 0 aliphatic carbocycles. The van der Waals surface area contributed by atoms with Gasteiger partial charge in [0.05, 0.1) is 26.4 Å². The van der Waals surface area contributed by atoms with E-state index in [4.69, 9.17) is 37.0 Å². The van der Waals surface area contributed by atoms with E-state index in [1.165, 1.54) is 238 Å². The number of aliphatic hydroxyl groups is 1. The number of hydrogen-bond acceptors (Lipinski definition) is 15. The predicted molar refractivity (Wildman–Crippen MR) is 395 cm³/mol. The van der Waals surface area contributed by atoms with Gasteiger partial charge in [0.25, 0.3) is 0 Å². The van der Waals surface area contributed by atoms with Crippen molar-refractivity contribution in [1.82, 2.24) is 0 Å². The normalized spacial score (nSPS) is 13.9. The maximum Gasteiger partial charge on any atom is 0.472 e. The van der Waals surface area contributed by atoms with Gasteiger partial charge in [-0.3, -0.25) is 37.3 Å². The van der Waals surface area contributed by atoms with Gasteiger partial charge in [-0.1, -0.05) is 362 Å². The largest absolute Gasteiger partial charge is 0.472 e. The number of unbranched alkanes of at least 4 members (excludes halogenated alkanes) is 50. The van der Waals surface area contributed by atoms with Gasteiger partial charge in [0, 0.05) is 25.7 Å². The van der Waals surface area contributed by atoms with E-state index in [0.29, 0.717) is 25.7 Å². The number of carbonyl (C=O) groups is 4. The van der Waals surface area contributed by atoms with Crippen molar-refractivity contribution in [3.05, 3.63) is 0 Å². The van der Waals surface area contributed by atoms with E-state index in [1.54, 1.807) is 0 Å². The summed E-state index contributed by atoms with van der Waals surface area (Å²) in [5.41, 5.74) is 0. The highest BCUT2D eigenvalue weighted by Crippen LogP contribution is 2.45. The fourth-order valence-corrected chi connectivity index (χ4v) is 13.6. The lowest BCUT2D eigenvalue weighted by atomic mass is 10.0. The molecule has 0 amide bonds. The van der Waals surface area contributed by atoms with E-state index in [-0.39, 0.29) is 25.7 Å². The first kappa shape index (κ1) is 95.1. The van der Waals surface area contributed by atoms with Crippen LogP contribution in [0.4, 0.5) is 0 Å².